The Labute approximate surface area is 212 Å². The van der Waals surface area contributed by atoms with Crippen molar-refractivity contribution in [2.45, 2.75) is 24.7 Å². The number of nitrogens with one attached hydrogen (secondary N) is 1. The van der Waals surface area contributed by atoms with Gasteiger partial charge in [-0.2, -0.15) is 0 Å². The summed E-state index contributed by atoms with van der Waals surface area (Å²) >= 11 is 1.34. The molecule has 5 aromatic rings. The van der Waals surface area contributed by atoms with E-state index in [9.17, 15) is 4.79 Å². The van der Waals surface area contributed by atoms with Crippen LogP contribution in [0, 0.1) is 0 Å². The molecule has 1 aliphatic rings. The average molecular weight is 500 g/mol. The van der Waals surface area contributed by atoms with Crippen LogP contribution in [0.15, 0.2) is 71.9 Å². The Balaban J connectivity index is 1.14. The largest absolute Gasteiger partial charge is 0.485 e. The standard InChI is InChI=1S/C27H25N5O3S/c1-3-32-20-9-5-4-8-18(20)19-14-17(12-13-21(19)32)28-25(33)16-36-27-30-29-26(31(27)2)24-15-34-22-10-6-7-11-23(22)35-24/h4-14,24H,3,15-16H2,1-2H3,(H,28,33). The van der Waals surface area contributed by atoms with E-state index in [0.29, 0.717) is 23.3 Å². The van der Waals surface area contributed by atoms with Gasteiger partial charge in [0.05, 0.1) is 5.75 Å². The Bertz CT molecular complexity index is 1590. The molecule has 3 aromatic carbocycles. The maximum atomic E-state index is 12.8. The Kier molecular flexibility index (Phi) is 5.77. The minimum absolute atomic E-state index is 0.102. The van der Waals surface area contributed by atoms with Crippen molar-refractivity contribution in [3.05, 3.63) is 72.6 Å². The van der Waals surface area contributed by atoms with Crippen molar-refractivity contribution in [2.75, 3.05) is 17.7 Å². The van der Waals surface area contributed by atoms with Gasteiger partial charge in [-0.05, 0) is 43.3 Å². The lowest BCUT2D eigenvalue weighted by molar-refractivity contribution is -0.113. The van der Waals surface area contributed by atoms with Crippen LogP contribution >= 0.6 is 11.8 Å². The van der Waals surface area contributed by atoms with Gasteiger partial charge in [0.1, 0.15) is 6.61 Å². The molecule has 3 heterocycles. The molecule has 0 bridgehead atoms. The molecule has 36 heavy (non-hydrogen) atoms. The first-order valence-electron chi connectivity index (χ1n) is 11.8. The Morgan fingerprint density at radius 1 is 1.03 bits per heavy atom. The molecular weight excluding hydrogens is 474 g/mol. The first kappa shape index (κ1) is 22.5. The highest BCUT2D eigenvalue weighted by atomic mass is 32.2. The lowest BCUT2D eigenvalue weighted by Crippen LogP contribution is -2.24. The molecule has 1 unspecified atom stereocenters. The van der Waals surface area contributed by atoms with E-state index in [4.69, 9.17) is 9.47 Å². The van der Waals surface area contributed by atoms with Gasteiger partial charge in [-0.15, -0.1) is 10.2 Å². The third-order valence-electron chi connectivity index (χ3n) is 6.37. The van der Waals surface area contributed by atoms with Crippen LogP contribution in [0.5, 0.6) is 11.5 Å². The number of rotatable bonds is 6. The molecule has 0 aliphatic carbocycles. The van der Waals surface area contributed by atoms with Crippen molar-refractivity contribution in [3.8, 4) is 11.5 Å². The van der Waals surface area contributed by atoms with Gasteiger partial charge in [0, 0.05) is 41.1 Å². The topological polar surface area (TPSA) is 83.2 Å². The molecule has 1 atom stereocenters. The van der Waals surface area contributed by atoms with Crippen LogP contribution in [0.25, 0.3) is 21.8 Å². The van der Waals surface area contributed by atoms with E-state index in [-0.39, 0.29) is 17.8 Å². The highest BCUT2D eigenvalue weighted by Crippen LogP contribution is 2.36. The van der Waals surface area contributed by atoms with Crippen molar-refractivity contribution in [1.29, 1.82) is 0 Å². The highest BCUT2D eigenvalue weighted by molar-refractivity contribution is 7.99. The van der Waals surface area contributed by atoms with Gasteiger partial charge in [0.2, 0.25) is 5.91 Å². The number of anilines is 1. The second kappa shape index (κ2) is 9.23. The molecule has 0 spiro atoms. The molecule has 0 fully saturated rings. The first-order chi connectivity index (χ1) is 17.6. The van der Waals surface area contributed by atoms with Crippen LogP contribution in [0.3, 0.4) is 0 Å². The van der Waals surface area contributed by atoms with Crippen LogP contribution < -0.4 is 14.8 Å². The molecule has 0 saturated heterocycles. The smallest absolute Gasteiger partial charge is 0.234 e. The number of para-hydroxylation sites is 3. The van der Waals surface area contributed by atoms with Crippen LogP contribution in [-0.4, -0.2) is 37.6 Å². The summed E-state index contributed by atoms with van der Waals surface area (Å²) in [5, 5.41) is 14.6. The Morgan fingerprint density at radius 2 is 1.81 bits per heavy atom. The molecular formula is C27H25N5O3S. The zero-order chi connectivity index (χ0) is 24.6. The summed E-state index contributed by atoms with van der Waals surface area (Å²) in [7, 11) is 1.87. The summed E-state index contributed by atoms with van der Waals surface area (Å²) in [5.74, 6) is 2.18. The van der Waals surface area contributed by atoms with Crippen LogP contribution in [-0.2, 0) is 18.4 Å². The minimum Gasteiger partial charge on any atom is -0.485 e. The number of carbonyl (C=O) groups is 1. The molecule has 2 aromatic heterocycles. The predicted octanol–water partition coefficient (Wildman–Crippen LogP) is 5.19. The van der Waals surface area contributed by atoms with E-state index in [0.717, 1.165) is 28.9 Å². The average Bonchev–Trinajstić information content (AvgIpc) is 3.44. The second-order valence-corrected chi connectivity index (χ2v) is 9.54. The van der Waals surface area contributed by atoms with Gasteiger partial charge in [-0.25, -0.2) is 0 Å². The summed E-state index contributed by atoms with van der Waals surface area (Å²) in [6.07, 6.45) is -0.363. The van der Waals surface area contributed by atoms with Gasteiger partial charge in [0.15, 0.2) is 28.6 Å². The van der Waals surface area contributed by atoms with Crippen LogP contribution in [0.2, 0.25) is 0 Å². The quantitative estimate of drug-likeness (QED) is 0.324. The number of nitrogens with zero attached hydrogens (tertiary/aromatic N) is 4. The highest BCUT2D eigenvalue weighted by Gasteiger charge is 2.27. The van der Waals surface area contributed by atoms with Crippen molar-refractivity contribution in [1.82, 2.24) is 19.3 Å². The van der Waals surface area contributed by atoms with E-state index >= 15 is 0 Å². The minimum atomic E-state index is -0.363. The summed E-state index contributed by atoms with van der Waals surface area (Å²) < 4.78 is 16.0. The fourth-order valence-electron chi connectivity index (χ4n) is 4.68. The van der Waals surface area contributed by atoms with Crippen molar-refractivity contribution < 1.29 is 14.3 Å². The number of amides is 1. The number of hydrogen-bond acceptors (Lipinski definition) is 6. The van der Waals surface area contributed by atoms with Crippen LogP contribution in [0.1, 0.15) is 18.9 Å². The monoisotopic (exact) mass is 499 g/mol. The van der Waals surface area contributed by atoms with E-state index in [2.05, 4.69) is 51.3 Å². The maximum absolute atomic E-state index is 12.8. The molecule has 6 rings (SSSR count). The maximum Gasteiger partial charge on any atom is 0.234 e. The second-order valence-electron chi connectivity index (χ2n) is 8.59. The number of fused-ring (bicyclic) bond motifs is 4. The molecule has 1 N–H and O–H groups in total. The summed E-state index contributed by atoms with van der Waals surface area (Å²) in [6, 6.07) is 22.0. The number of carbonyl (C=O) groups excluding carboxylic acids is 1. The molecule has 1 aliphatic heterocycles. The fraction of sp³-hybridized carbons (Fsp3) is 0.222. The van der Waals surface area contributed by atoms with Gasteiger partial charge in [0.25, 0.3) is 0 Å². The van der Waals surface area contributed by atoms with Gasteiger partial charge in [-0.3, -0.25) is 4.79 Å². The fourth-order valence-corrected chi connectivity index (χ4v) is 5.40. The molecule has 1 amide bonds. The van der Waals surface area contributed by atoms with Crippen LogP contribution in [0.4, 0.5) is 5.69 Å². The number of hydrogen-bond donors (Lipinski definition) is 1. The van der Waals surface area contributed by atoms with Gasteiger partial charge < -0.3 is 23.9 Å². The lowest BCUT2D eigenvalue weighted by atomic mass is 10.1. The van der Waals surface area contributed by atoms with E-state index in [1.165, 1.54) is 22.7 Å². The van der Waals surface area contributed by atoms with E-state index < -0.39 is 0 Å². The Morgan fingerprint density at radius 3 is 2.67 bits per heavy atom. The summed E-state index contributed by atoms with van der Waals surface area (Å²) in [4.78, 5) is 12.8. The predicted molar refractivity (Wildman–Crippen MR) is 141 cm³/mol. The Hall–Kier alpha value is -3.98. The van der Waals surface area contributed by atoms with Crippen molar-refractivity contribution >= 4 is 45.2 Å². The number of aryl methyl sites for hydroxylation is 1. The molecule has 182 valence electrons. The molecule has 8 nitrogen and oxygen atoms in total. The number of thioether (sulfide) groups is 1. The zero-order valence-corrected chi connectivity index (χ0v) is 20.8. The van der Waals surface area contributed by atoms with Gasteiger partial charge >= 0.3 is 0 Å². The third kappa shape index (κ3) is 3.95. The molecule has 0 saturated carbocycles. The van der Waals surface area contributed by atoms with Gasteiger partial charge in [-0.1, -0.05) is 42.1 Å². The molecule has 9 heteroatoms. The normalized spacial score (nSPS) is 14.9. The zero-order valence-electron chi connectivity index (χ0n) is 20.0. The van der Waals surface area contributed by atoms with E-state index in [1.54, 1.807) is 0 Å². The summed E-state index contributed by atoms with van der Waals surface area (Å²) in [5.41, 5.74) is 3.13. The summed E-state index contributed by atoms with van der Waals surface area (Å²) in [6.45, 7) is 3.38. The SMILES string of the molecule is CCn1c2ccccc2c2cc(NC(=O)CSc3nnc(C4COc5ccccc5O4)n3C)ccc21. The lowest BCUT2D eigenvalue weighted by Gasteiger charge is -2.25. The van der Waals surface area contributed by atoms with E-state index in [1.807, 2.05) is 54.1 Å². The number of ether oxygens (including phenoxy) is 2. The number of benzene rings is 3. The molecule has 0 radical (unpaired) electrons. The van der Waals surface area contributed by atoms with Crippen molar-refractivity contribution in [3.63, 3.8) is 0 Å². The van der Waals surface area contributed by atoms with Crippen molar-refractivity contribution in [2.24, 2.45) is 7.05 Å². The number of aromatic nitrogens is 4. The first-order valence-corrected chi connectivity index (χ1v) is 12.8. The third-order valence-corrected chi connectivity index (χ3v) is 7.39.